The van der Waals surface area contributed by atoms with Gasteiger partial charge in [-0.2, -0.15) is 0 Å². The number of hydrogen-bond donors (Lipinski definition) is 0. The van der Waals surface area contributed by atoms with E-state index in [4.69, 9.17) is 9.15 Å². The van der Waals surface area contributed by atoms with Crippen molar-refractivity contribution in [3.63, 3.8) is 0 Å². The summed E-state index contributed by atoms with van der Waals surface area (Å²) in [4.78, 5) is 6.71. The van der Waals surface area contributed by atoms with E-state index in [2.05, 4.69) is 22.0 Å². The molecule has 0 unspecified atom stereocenters. The second kappa shape index (κ2) is 5.68. The zero-order valence-electron chi connectivity index (χ0n) is 13.9. The van der Waals surface area contributed by atoms with Crippen LogP contribution < -0.4 is 4.74 Å². The molecule has 0 bridgehead atoms. The Hall–Kier alpha value is -1.81. The summed E-state index contributed by atoms with van der Waals surface area (Å²) >= 11 is 0. The lowest BCUT2D eigenvalue weighted by Gasteiger charge is -2.47. The summed E-state index contributed by atoms with van der Waals surface area (Å²) in [6, 6.07) is 8.32. The van der Waals surface area contributed by atoms with Crippen molar-refractivity contribution in [1.29, 1.82) is 0 Å². The third-order valence-electron chi connectivity index (χ3n) is 5.08. The van der Waals surface area contributed by atoms with Crippen LogP contribution >= 0.6 is 0 Å². The van der Waals surface area contributed by atoms with E-state index in [1.807, 2.05) is 32.4 Å². The average Bonchev–Trinajstić information content (AvgIpc) is 2.98. The maximum atomic E-state index is 6.35. The molecule has 1 fully saturated rings. The first-order chi connectivity index (χ1) is 11.2. The Bertz CT molecular complexity index is 688. The minimum absolute atomic E-state index is 0.456. The lowest BCUT2D eigenvalue weighted by molar-refractivity contribution is -0.0417. The zero-order chi connectivity index (χ0) is 15.9. The number of hydrogen-bond acceptors (Lipinski definition) is 4. The van der Waals surface area contributed by atoms with E-state index in [0.29, 0.717) is 5.92 Å². The summed E-state index contributed by atoms with van der Waals surface area (Å²) in [5.74, 6) is 3.07. The fourth-order valence-corrected chi connectivity index (χ4v) is 4.05. The van der Waals surface area contributed by atoms with Crippen LogP contribution in [0.1, 0.15) is 49.3 Å². The van der Waals surface area contributed by atoms with E-state index in [-0.39, 0.29) is 0 Å². The molecule has 0 radical (unpaired) electrons. The van der Waals surface area contributed by atoms with E-state index in [9.17, 15) is 0 Å². The topological polar surface area (TPSA) is 38.5 Å². The van der Waals surface area contributed by atoms with E-state index in [0.717, 1.165) is 23.9 Å². The van der Waals surface area contributed by atoms with Gasteiger partial charge in [0.2, 0.25) is 11.5 Å². The first kappa shape index (κ1) is 14.8. The summed E-state index contributed by atoms with van der Waals surface area (Å²) in [5.41, 5.74) is 0.770. The fraction of sp³-hybridized carbons (Fsp3) is 0.526. The van der Waals surface area contributed by atoms with Gasteiger partial charge < -0.3 is 14.1 Å². The second-order valence-electron chi connectivity index (χ2n) is 7.04. The quantitative estimate of drug-likeness (QED) is 0.857. The Labute approximate surface area is 137 Å². The van der Waals surface area contributed by atoms with Crippen molar-refractivity contribution in [3.05, 3.63) is 47.7 Å². The summed E-state index contributed by atoms with van der Waals surface area (Å²) in [7, 11) is 4.07. The van der Waals surface area contributed by atoms with Crippen molar-refractivity contribution in [2.45, 2.75) is 44.2 Å². The molecule has 2 heterocycles. The summed E-state index contributed by atoms with van der Waals surface area (Å²) in [5, 5.41) is 0. The molecule has 122 valence electrons. The Morgan fingerprint density at radius 3 is 2.70 bits per heavy atom. The molecular formula is C19H24N2O2. The summed E-state index contributed by atoms with van der Waals surface area (Å²) in [6.45, 7) is 0.759. The van der Waals surface area contributed by atoms with E-state index < -0.39 is 5.60 Å². The van der Waals surface area contributed by atoms with Gasteiger partial charge in [0.05, 0.1) is 12.7 Å². The first-order valence-electron chi connectivity index (χ1n) is 8.58. The van der Waals surface area contributed by atoms with Gasteiger partial charge in [-0.05, 0) is 33.0 Å². The first-order valence-corrected chi connectivity index (χ1v) is 8.58. The van der Waals surface area contributed by atoms with Crippen molar-refractivity contribution < 1.29 is 9.15 Å². The molecule has 1 saturated carbocycles. The lowest BCUT2D eigenvalue weighted by Crippen LogP contribution is -2.49. The normalized spacial score (nSPS) is 24.1. The highest BCUT2D eigenvalue weighted by Gasteiger charge is 2.56. The number of rotatable bonds is 4. The van der Waals surface area contributed by atoms with E-state index in [1.165, 1.54) is 37.7 Å². The molecule has 0 spiro atoms. The SMILES string of the molecule is CN(C)Cc1cnc([C@]2(C3CCCCC3)Oc3ccccc32)o1. The van der Waals surface area contributed by atoms with Gasteiger partial charge in [-0.25, -0.2) is 4.98 Å². The molecule has 2 aliphatic rings. The molecule has 4 rings (SSSR count). The molecule has 0 N–H and O–H groups in total. The Balaban J connectivity index is 1.73. The molecule has 1 aliphatic heterocycles. The van der Waals surface area contributed by atoms with Crippen LogP contribution in [-0.4, -0.2) is 24.0 Å². The highest BCUT2D eigenvalue weighted by molar-refractivity contribution is 5.50. The number of para-hydroxylation sites is 1. The van der Waals surface area contributed by atoms with Crippen molar-refractivity contribution >= 4 is 0 Å². The third kappa shape index (κ3) is 2.36. The molecule has 1 aromatic heterocycles. The van der Waals surface area contributed by atoms with Gasteiger partial charge in [0, 0.05) is 11.5 Å². The van der Waals surface area contributed by atoms with Gasteiger partial charge in [0.15, 0.2) is 0 Å². The van der Waals surface area contributed by atoms with Crippen LogP contribution in [0.5, 0.6) is 5.75 Å². The predicted octanol–water partition coefficient (Wildman–Crippen LogP) is 3.95. The fourth-order valence-electron chi connectivity index (χ4n) is 4.05. The maximum absolute atomic E-state index is 6.35. The predicted molar refractivity (Wildman–Crippen MR) is 88.3 cm³/mol. The Kier molecular flexibility index (Phi) is 3.64. The third-order valence-corrected chi connectivity index (χ3v) is 5.08. The highest BCUT2D eigenvalue weighted by atomic mass is 16.5. The number of oxazole rings is 1. The molecule has 1 aromatic carbocycles. The molecule has 1 atom stereocenters. The van der Waals surface area contributed by atoms with Crippen molar-refractivity contribution in [3.8, 4) is 5.75 Å². The minimum atomic E-state index is -0.471. The van der Waals surface area contributed by atoms with Crippen LogP contribution in [-0.2, 0) is 12.1 Å². The number of fused-ring (bicyclic) bond motifs is 1. The number of aromatic nitrogens is 1. The number of benzene rings is 1. The molecule has 1 aliphatic carbocycles. The molecule has 2 aromatic rings. The Morgan fingerprint density at radius 2 is 1.96 bits per heavy atom. The van der Waals surface area contributed by atoms with Crippen molar-refractivity contribution in [1.82, 2.24) is 9.88 Å². The molecule has 0 amide bonds. The van der Waals surface area contributed by atoms with Gasteiger partial charge >= 0.3 is 0 Å². The molecule has 4 nitrogen and oxygen atoms in total. The summed E-state index contributed by atoms with van der Waals surface area (Å²) < 4.78 is 12.5. The highest BCUT2D eigenvalue weighted by Crippen LogP contribution is 2.55. The van der Waals surface area contributed by atoms with E-state index >= 15 is 0 Å². The maximum Gasteiger partial charge on any atom is 0.244 e. The monoisotopic (exact) mass is 312 g/mol. The van der Waals surface area contributed by atoms with Gasteiger partial charge in [0.25, 0.3) is 0 Å². The van der Waals surface area contributed by atoms with Gasteiger partial charge in [-0.1, -0.05) is 37.5 Å². The van der Waals surface area contributed by atoms with Crippen LogP contribution in [0.3, 0.4) is 0 Å². The molecule has 23 heavy (non-hydrogen) atoms. The van der Waals surface area contributed by atoms with Crippen molar-refractivity contribution in [2.75, 3.05) is 14.1 Å². The standard InChI is InChI=1S/C19H24N2O2/c1-21(2)13-15-12-20-18(22-15)19(14-8-4-3-5-9-14)16-10-6-7-11-17(16)23-19/h6-7,10-12,14H,3-5,8-9,13H2,1-2H3/t19-/m1/s1. The summed E-state index contributed by atoms with van der Waals surface area (Å²) in [6.07, 6.45) is 8.07. The van der Waals surface area contributed by atoms with Crippen LogP contribution in [0.25, 0.3) is 0 Å². The molecule has 4 heteroatoms. The van der Waals surface area contributed by atoms with Gasteiger partial charge in [-0.3, -0.25) is 0 Å². The van der Waals surface area contributed by atoms with Crippen molar-refractivity contribution in [2.24, 2.45) is 5.92 Å². The Morgan fingerprint density at radius 1 is 1.17 bits per heavy atom. The van der Waals surface area contributed by atoms with Crippen LogP contribution in [0.15, 0.2) is 34.9 Å². The van der Waals surface area contributed by atoms with Gasteiger partial charge in [-0.15, -0.1) is 0 Å². The van der Waals surface area contributed by atoms with Crippen LogP contribution in [0, 0.1) is 5.92 Å². The number of nitrogens with zero attached hydrogens (tertiary/aromatic N) is 2. The number of ether oxygens (including phenoxy) is 1. The molecular weight excluding hydrogens is 288 g/mol. The lowest BCUT2D eigenvalue weighted by atomic mass is 9.70. The second-order valence-corrected chi connectivity index (χ2v) is 7.04. The van der Waals surface area contributed by atoms with Crippen LogP contribution in [0.2, 0.25) is 0 Å². The largest absolute Gasteiger partial charge is 0.472 e. The molecule has 0 saturated heterocycles. The van der Waals surface area contributed by atoms with Crippen LogP contribution in [0.4, 0.5) is 0 Å². The van der Waals surface area contributed by atoms with Gasteiger partial charge in [0.1, 0.15) is 11.5 Å². The average molecular weight is 312 g/mol. The smallest absolute Gasteiger partial charge is 0.244 e. The van der Waals surface area contributed by atoms with E-state index in [1.54, 1.807) is 0 Å². The zero-order valence-corrected chi connectivity index (χ0v) is 13.9. The minimum Gasteiger partial charge on any atom is -0.472 e.